The summed E-state index contributed by atoms with van der Waals surface area (Å²) in [6.45, 7) is 0.971. The molecule has 1 heterocycles. The van der Waals surface area contributed by atoms with Gasteiger partial charge in [-0.2, -0.15) is 0 Å². The second kappa shape index (κ2) is 5.19. The molecule has 0 fully saturated rings. The maximum absolute atomic E-state index is 11.8. The lowest BCUT2D eigenvalue weighted by atomic mass is 10.2. The van der Waals surface area contributed by atoms with Gasteiger partial charge in [0.2, 0.25) is 5.76 Å². The fourth-order valence-electron chi connectivity index (χ4n) is 1.61. The molecule has 2 rings (SSSR count). The van der Waals surface area contributed by atoms with E-state index in [1.807, 2.05) is 19.0 Å². The van der Waals surface area contributed by atoms with Gasteiger partial charge in [-0.25, -0.2) is 4.79 Å². The van der Waals surface area contributed by atoms with Gasteiger partial charge in [-0.15, -0.1) is 0 Å². The van der Waals surface area contributed by atoms with Crippen LogP contribution in [-0.4, -0.2) is 38.1 Å². The molecule has 0 radical (unpaired) electrons. The van der Waals surface area contributed by atoms with Crippen LogP contribution in [0.15, 0.2) is 22.6 Å². The number of nitrogen functional groups attached to an aromatic ring is 2. The number of hydrogen-bond donors (Lipinski definition) is 2. The van der Waals surface area contributed by atoms with Crippen molar-refractivity contribution in [3.63, 3.8) is 0 Å². The fraction of sp³-hybridized carbons (Fsp3) is 0.308. The summed E-state index contributed by atoms with van der Waals surface area (Å²) >= 11 is 0. The first-order valence-electron chi connectivity index (χ1n) is 5.88. The maximum Gasteiger partial charge on any atom is 0.374 e. The number of fused-ring (bicyclic) bond motifs is 1. The highest BCUT2D eigenvalue weighted by atomic mass is 16.5. The molecule has 0 unspecified atom stereocenters. The van der Waals surface area contributed by atoms with E-state index in [0.717, 1.165) is 5.39 Å². The second-order valence-corrected chi connectivity index (χ2v) is 4.57. The second-order valence-electron chi connectivity index (χ2n) is 4.57. The average Bonchev–Trinajstić information content (AvgIpc) is 2.72. The minimum absolute atomic E-state index is 0.152. The highest BCUT2D eigenvalue weighted by Crippen LogP contribution is 2.26. The van der Waals surface area contributed by atoms with Gasteiger partial charge in [0.15, 0.2) is 0 Å². The summed E-state index contributed by atoms with van der Waals surface area (Å²) in [6, 6.07) is 4.87. The molecule has 4 N–H and O–H groups in total. The zero-order valence-corrected chi connectivity index (χ0v) is 11.0. The van der Waals surface area contributed by atoms with Crippen molar-refractivity contribution in [2.24, 2.45) is 0 Å². The molecule has 0 saturated carbocycles. The number of hydrogen-bond acceptors (Lipinski definition) is 6. The van der Waals surface area contributed by atoms with E-state index in [-0.39, 0.29) is 5.76 Å². The summed E-state index contributed by atoms with van der Waals surface area (Å²) in [6.07, 6.45) is 0. The molecule has 0 amide bonds. The standard InChI is InChI=1S/C13H17N3O3/c1-16(2)3-4-18-13(17)12-6-8-5-9(14)10(15)7-11(8)19-12/h5-7H,3-4,14-15H2,1-2H3. The number of anilines is 2. The molecule has 19 heavy (non-hydrogen) atoms. The van der Waals surface area contributed by atoms with Crippen LogP contribution in [0.25, 0.3) is 11.0 Å². The van der Waals surface area contributed by atoms with Gasteiger partial charge in [-0.05, 0) is 26.2 Å². The third-order valence-corrected chi connectivity index (χ3v) is 2.69. The molecule has 0 aliphatic rings. The van der Waals surface area contributed by atoms with Crippen LogP contribution < -0.4 is 11.5 Å². The van der Waals surface area contributed by atoms with E-state index in [1.165, 1.54) is 0 Å². The Balaban J connectivity index is 2.14. The number of likely N-dealkylation sites (N-methyl/N-ethyl adjacent to an activating group) is 1. The number of nitrogens with zero attached hydrogens (tertiary/aromatic N) is 1. The third-order valence-electron chi connectivity index (χ3n) is 2.69. The molecule has 1 aromatic carbocycles. The normalized spacial score (nSPS) is 11.1. The van der Waals surface area contributed by atoms with Gasteiger partial charge in [-0.1, -0.05) is 0 Å². The fourth-order valence-corrected chi connectivity index (χ4v) is 1.61. The predicted octanol–water partition coefficient (Wildman–Crippen LogP) is 1.32. The van der Waals surface area contributed by atoms with Crippen molar-refractivity contribution in [3.8, 4) is 0 Å². The Kier molecular flexibility index (Phi) is 3.62. The summed E-state index contributed by atoms with van der Waals surface area (Å²) in [5.74, 6) is -0.339. The van der Waals surface area contributed by atoms with Crippen molar-refractivity contribution in [2.75, 3.05) is 38.7 Å². The smallest absolute Gasteiger partial charge is 0.374 e. The molecular formula is C13H17N3O3. The number of esters is 1. The Hall–Kier alpha value is -2.21. The van der Waals surface area contributed by atoms with Crippen LogP contribution in [0.5, 0.6) is 0 Å². The van der Waals surface area contributed by atoms with Gasteiger partial charge in [0, 0.05) is 18.0 Å². The average molecular weight is 263 g/mol. The van der Waals surface area contributed by atoms with Gasteiger partial charge in [0.05, 0.1) is 11.4 Å². The van der Waals surface area contributed by atoms with Crippen molar-refractivity contribution in [2.45, 2.75) is 0 Å². The van der Waals surface area contributed by atoms with E-state index in [1.54, 1.807) is 18.2 Å². The van der Waals surface area contributed by atoms with E-state index in [0.29, 0.717) is 30.1 Å². The summed E-state index contributed by atoms with van der Waals surface area (Å²) in [5.41, 5.74) is 12.8. The molecule has 102 valence electrons. The lowest BCUT2D eigenvalue weighted by molar-refractivity contribution is 0.0448. The van der Waals surface area contributed by atoms with Crippen LogP contribution in [0, 0.1) is 0 Å². The Morgan fingerprint density at radius 2 is 1.95 bits per heavy atom. The number of carbonyl (C=O) groups is 1. The summed E-state index contributed by atoms with van der Waals surface area (Å²) in [5, 5.41) is 0.728. The molecule has 0 aliphatic heterocycles. The molecular weight excluding hydrogens is 246 g/mol. The first-order valence-corrected chi connectivity index (χ1v) is 5.88. The predicted molar refractivity (Wildman–Crippen MR) is 73.9 cm³/mol. The van der Waals surface area contributed by atoms with Gasteiger partial charge < -0.3 is 25.5 Å². The molecule has 6 nitrogen and oxygen atoms in total. The van der Waals surface area contributed by atoms with Gasteiger partial charge in [-0.3, -0.25) is 0 Å². The van der Waals surface area contributed by atoms with Crippen LogP contribution in [0.1, 0.15) is 10.6 Å². The van der Waals surface area contributed by atoms with E-state index < -0.39 is 5.97 Å². The van der Waals surface area contributed by atoms with Crippen LogP contribution in [0.3, 0.4) is 0 Å². The van der Waals surface area contributed by atoms with Crippen LogP contribution in [-0.2, 0) is 4.74 Å². The Bertz CT molecular complexity index is 565. The molecule has 0 atom stereocenters. The maximum atomic E-state index is 11.8. The number of furan rings is 1. The largest absolute Gasteiger partial charge is 0.458 e. The minimum Gasteiger partial charge on any atom is -0.458 e. The molecule has 2 aromatic rings. The summed E-state index contributed by atoms with van der Waals surface area (Å²) in [7, 11) is 3.81. The molecule has 6 heteroatoms. The quantitative estimate of drug-likeness (QED) is 0.638. The van der Waals surface area contributed by atoms with Crippen molar-refractivity contribution in [1.29, 1.82) is 0 Å². The van der Waals surface area contributed by atoms with Crippen molar-refractivity contribution in [1.82, 2.24) is 4.90 Å². The Labute approximate surface area is 110 Å². The highest BCUT2D eigenvalue weighted by molar-refractivity contribution is 5.95. The van der Waals surface area contributed by atoms with E-state index in [9.17, 15) is 4.79 Å². The Morgan fingerprint density at radius 1 is 1.26 bits per heavy atom. The van der Waals surface area contributed by atoms with Gasteiger partial charge >= 0.3 is 5.97 Å². The topological polar surface area (TPSA) is 94.7 Å². The molecule has 1 aromatic heterocycles. The van der Waals surface area contributed by atoms with Crippen LogP contribution in [0.2, 0.25) is 0 Å². The van der Waals surface area contributed by atoms with Crippen LogP contribution in [0.4, 0.5) is 11.4 Å². The number of nitrogens with two attached hydrogens (primary N) is 2. The minimum atomic E-state index is -0.491. The molecule has 0 bridgehead atoms. The molecule has 0 saturated heterocycles. The SMILES string of the molecule is CN(C)CCOC(=O)c1cc2cc(N)c(N)cc2o1. The molecule has 0 spiro atoms. The number of ether oxygens (including phenoxy) is 1. The summed E-state index contributed by atoms with van der Waals surface area (Å²) in [4.78, 5) is 13.7. The number of carbonyl (C=O) groups excluding carboxylic acids is 1. The van der Waals surface area contributed by atoms with Gasteiger partial charge in [0.25, 0.3) is 0 Å². The molecule has 0 aliphatic carbocycles. The zero-order valence-electron chi connectivity index (χ0n) is 11.0. The zero-order chi connectivity index (χ0) is 14.0. The van der Waals surface area contributed by atoms with Crippen molar-refractivity contribution < 1.29 is 13.9 Å². The third kappa shape index (κ3) is 2.97. The monoisotopic (exact) mass is 263 g/mol. The lowest BCUT2D eigenvalue weighted by Gasteiger charge is -2.08. The van der Waals surface area contributed by atoms with E-state index in [4.69, 9.17) is 20.6 Å². The number of rotatable bonds is 4. The van der Waals surface area contributed by atoms with Crippen molar-refractivity contribution in [3.05, 3.63) is 24.0 Å². The lowest BCUT2D eigenvalue weighted by Crippen LogP contribution is -2.19. The van der Waals surface area contributed by atoms with E-state index >= 15 is 0 Å². The Morgan fingerprint density at radius 3 is 2.63 bits per heavy atom. The first-order chi connectivity index (χ1) is 8.97. The summed E-state index contributed by atoms with van der Waals surface area (Å²) < 4.78 is 10.5. The van der Waals surface area contributed by atoms with Crippen LogP contribution >= 0.6 is 0 Å². The van der Waals surface area contributed by atoms with E-state index in [2.05, 4.69) is 0 Å². The van der Waals surface area contributed by atoms with Gasteiger partial charge in [0.1, 0.15) is 12.2 Å². The highest BCUT2D eigenvalue weighted by Gasteiger charge is 2.14. The van der Waals surface area contributed by atoms with Crippen molar-refractivity contribution >= 4 is 28.3 Å². The first kappa shape index (κ1) is 13.2. The number of benzene rings is 1.